The second kappa shape index (κ2) is 6.58. The summed E-state index contributed by atoms with van der Waals surface area (Å²) in [5, 5.41) is 3.42. The summed E-state index contributed by atoms with van der Waals surface area (Å²) in [5.74, 6) is 2.17. The molecule has 3 heteroatoms. The molecule has 1 atom stereocenters. The third-order valence-electron chi connectivity index (χ3n) is 3.50. The molecule has 0 spiro atoms. The van der Waals surface area contributed by atoms with Gasteiger partial charge in [-0.2, -0.15) is 0 Å². The molecule has 1 aromatic carbocycles. The highest BCUT2D eigenvalue weighted by Crippen LogP contribution is 2.29. The van der Waals surface area contributed by atoms with E-state index in [0.29, 0.717) is 11.8 Å². The van der Waals surface area contributed by atoms with Gasteiger partial charge in [0.05, 0.1) is 11.1 Å². The first kappa shape index (κ1) is 13.9. The maximum absolute atomic E-state index is 5.92. The fourth-order valence-corrected chi connectivity index (χ4v) is 2.78. The van der Waals surface area contributed by atoms with Crippen LogP contribution in [-0.2, 0) is 0 Å². The van der Waals surface area contributed by atoms with Gasteiger partial charge in [-0.1, -0.05) is 19.9 Å². The Bertz CT molecular complexity index is 386. The standard InChI is InChI=1S/C15H22BrNO/c1-11(2)13-5-6-15(14(16)8-13)18-10-12-4-3-7-17-9-12/h5-6,8,11-12,17H,3-4,7,9-10H2,1-2H3/t12-/m1/s1. The molecule has 1 aliphatic rings. The molecule has 1 aromatic rings. The molecular weight excluding hydrogens is 290 g/mol. The lowest BCUT2D eigenvalue weighted by molar-refractivity contribution is 0.217. The largest absolute Gasteiger partial charge is 0.492 e. The summed E-state index contributed by atoms with van der Waals surface area (Å²) in [6, 6.07) is 6.40. The van der Waals surface area contributed by atoms with E-state index in [1.807, 2.05) is 0 Å². The molecule has 1 heterocycles. The molecule has 1 aliphatic heterocycles. The second-order valence-electron chi connectivity index (χ2n) is 5.37. The van der Waals surface area contributed by atoms with Gasteiger partial charge in [-0.25, -0.2) is 0 Å². The number of hydrogen-bond acceptors (Lipinski definition) is 2. The van der Waals surface area contributed by atoms with Crippen LogP contribution in [0.1, 0.15) is 38.2 Å². The van der Waals surface area contributed by atoms with Gasteiger partial charge in [-0.05, 0) is 58.9 Å². The van der Waals surface area contributed by atoms with Crippen molar-refractivity contribution < 1.29 is 4.74 Å². The fraction of sp³-hybridized carbons (Fsp3) is 0.600. The minimum absolute atomic E-state index is 0.554. The zero-order chi connectivity index (χ0) is 13.0. The van der Waals surface area contributed by atoms with Gasteiger partial charge in [0.25, 0.3) is 0 Å². The lowest BCUT2D eigenvalue weighted by Gasteiger charge is -2.23. The third-order valence-corrected chi connectivity index (χ3v) is 4.12. The van der Waals surface area contributed by atoms with Gasteiger partial charge in [-0.15, -0.1) is 0 Å². The lowest BCUT2D eigenvalue weighted by atomic mass is 10.0. The maximum atomic E-state index is 5.92. The minimum atomic E-state index is 0.554. The average molecular weight is 312 g/mol. The first-order valence-corrected chi connectivity index (χ1v) is 7.59. The Morgan fingerprint density at radius 2 is 2.28 bits per heavy atom. The van der Waals surface area contributed by atoms with Crippen LogP contribution in [0.3, 0.4) is 0 Å². The Balaban J connectivity index is 1.92. The zero-order valence-electron chi connectivity index (χ0n) is 11.2. The summed E-state index contributed by atoms with van der Waals surface area (Å²) >= 11 is 3.60. The summed E-state index contributed by atoms with van der Waals surface area (Å²) in [7, 11) is 0. The van der Waals surface area contributed by atoms with Crippen molar-refractivity contribution in [3.63, 3.8) is 0 Å². The molecule has 0 saturated carbocycles. The maximum Gasteiger partial charge on any atom is 0.133 e. The molecule has 0 amide bonds. The van der Waals surface area contributed by atoms with Crippen molar-refractivity contribution >= 4 is 15.9 Å². The van der Waals surface area contributed by atoms with E-state index in [4.69, 9.17) is 4.74 Å². The Morgan fingerprint density at radius 3 is 2.89 bits per heavy atom. The normalized spacial score (nSPS) is 20.1. The number of hydrogen-bond donors (Lipinski definition) is 1. The summed E-state index contributed by atoms with van der Waals surface area (Å²) in [5.41, 5.74) is 1.34. The van der Waals surface area contributed by atoms with Gasteiger partial charge in [0.15, 0.2) is 0 Å². The van der Waals surface area contributed by atoms with Crippen molar-refractivity contribution in [3.8, 4) is 5.75 Å². The number of rotatable bonds is 4. The first-order valence-electron chi connectivity index (χ1n) is 6.80. The Hall–Kier alpha value is -0.540. The number of benzene rings is 1. The lowest BCUT2D eigenvalue weighted by Crippen LogP contribution is -2.33. The Labute approximate surface area is 118 Å². The smallest absolute Gasteiger partial charge is 0.133 e. The summed E-state index contributed by atoms with van der Waals surface area (Å²) in [4.78, 5) is 0. The topological polar surface area (TPSA) is 21.3 Å². The van der Waals surface area contributed by atoms with Gasteiger partial charge < -0.3 is 10.1 Å². The fourth-order valence-electron chi connectivity index (χ4n) is 2.27. The SMILES string of the molecule is CC(C)c1ccc(OC[C@@H]2CCCNC2)c(Br)c1. The number of piperidine rings is 1. The van der Waals surface area contributed by atoms with Crippen LogP contribution in [0.2, 0.25) is 0 Å². The van der Waals surface area contributed by atoms with Crippen molar-refractivity contribution in [3.05, 3.63) is 28.2 Å². The summed E-state index contributed by atoms with van der Waals surface area (Å²) < 4.78 is 6.99. The first-order chi connectivity index (χ1) is 8.66. The number of nitrogens with one attached hydrogen (secondary N) is 1. The molecule has 2 rings (SSSR count). The van der Waals surface area contributed by atoms with E-state index in [0.717, 1.165) is 29.9 Å². The van der Waals surface area contributed by atoms with Gasteiger partial charge in [0, 0.05) is 12.5 Å². The van der Waals surface area contributed by atoms with E-state index in [-0.39, 0.29) is 0 Å². The van der Waals surface area contributed by atoms with Crippen molar-refractivity contribution in [1.29, 1.82) is 0 Å². The minimum Gasteiger partial charge on any atom is -0.492 e. The quantitative estimate of drug-likeness (QED) is 0.909. The zero-order valence-corrected chi connectivity index (χ0v) is 12.8. The van der Waals surface area contributed by atoms with Crippen LogP contribution >= 0.6 is 15.9 Å². The van der Waals surface area contributed by atoms with Crippen LogP contribution in [0.25, 0.3) is 0 Å². The van der Waals surface area contributed by atoms with E-state index in [1.54, 1.807) is 0 Å². The summed E-state index contributed by atoms with van der Waals surface area (Å²) in [6.07, 6.45) is 2.54. The molecule has 0 radical (unpaired) electrons. The molecule has 1 saturated heterocycles. The molecular formula is C15H22BrNO. The van der Waals surface area contributed by atoms with Crippen LogP contribution in [0.15, 0.2) is 22.7 Å². The molecule has 1 fully saturated rings. The molecule has 0 bridgehead atoms. The Kier molecular flexibility index (Phi) is 5.07. The van der Waals surface area contributed by atoms with Crippen molar-refractivity contribution in [1.82, 2.24) is 5.32 Å². The van der Waals surface area contributed by atoms with Gasteiger partial charge in [-0.3, -0.25) is 0 Å². The predicted octanol–water partition coefficient (Wildman–Crippen LogP) is 3.95. The van der Waals surface area contributed by atoms with Crippen LogP contribution in [0, 0.1) is 5.92 Å². The van der Waals surface area contributed by atoms with Crippen molar-refractivity contribution in [2.75, 3.05) is 19.7 Å². The van der Waals surface area contributed by atoms with Gasteiger partial charge in [0.2, 0.25) is 0 Å². The van der Waals surface area contributed by atoms with Crippen LogP contribution < -0.4 is 10.1 Å². The molecule has 0 unspecified atom stereocenters. The van der Waals surface area contributed by atoms with Crippen molar-refractivity contribution in [2.45, 2.75) is 32.6 Å². The van der Waals surface area contributed by atoms with E-state index in [2.05, 4.69) is 53.3 Å². The second-order valence-corrected chi connectivity index (χ2v) is 6.22. The number of halogens is 1. The monoisotopic (exact) mass is 311 g/mol. The van der Waals surface area contributed by atoms with E-state index < -0.39 is 0 Å². The van der Waals surface area contributed by atoms with Crippen molar-refractivity contribution in [2.24, 2.45) is 5.92 Å². The molecule has 0 aromatic heterocycles. The van der Waals surface area contributed by atoms with Crippen LogP contribution in [0.5, 0.6) is 5.75 Å². The molecule has 0 aliphatic carbocycles. The number of ether oxygens (including phenoxy) is 1. The molecule has 18 heavy (non-hydrogen) atoms. The highest BCUT2D eigenvalue weighted by molar-refractivity contribution is 9.10. The third kappa shape index (κ3) is 3.72. The van der Waals surface area contributed by atoms with Crippen LogP contribution in [-0.4, -0.2) is 19.7 Å². The van der Waals surface area contributed by atoms with E-state index in [9.17, 15) is 0 Å². The highest BCUT2D eigenvalue weighted by atomic mass is 79.9. The van der Waals surface area contributed by atoms with E-state index >= 15 is 0 Å². The van der Waals surface area contributed by atoms with Crippen LogP contribution in [0.4, 0.5) is 0 Å². The Morgan fingerprint density at radius 1 is 1.44 bits per heavy atom. The molecule has 2 nitrogen and oxygen atoms in total. The highest BCUT2D eigenvalue weighted by Gasteiger charge is 2.14. The van der Waals surface area contributed by atoms with Gasteiger partial charge >= 0.3 is 0 Å². The molecule has 100 valence electrons. The predicted molar refractivity (Wildman–Crippen MR) is 79.3 cm³/mol. The molecule has 1 N–H and O–H groups in total. The van der Waals surface area contributed by atoms with Gasteiger partial charge in [0.1, 0.15) is 5.75 Å². The van der Waals surface area contributed by atoms with E-state index in [1.165, 1.54) is 18.4 Å². The summed E-state index contributed by atoms with van der Waals surface area (Å²) in [6.45, 7) is 7.46. The average Bonchev–Trinajstić information content (AvgIpc) is 2.38.